The summed E-state index contributed by atoms with van der Waals surface area (Å²) in [5.74, 6) is -0.332. The first-order chi connectivity index (χ1) is 8.63. The molecule has 1 aromatic heterocycles. The van der Waals surface area contributed by atoms with E-state index in [0.29, 0.717) is 24.3 Å². The molecule has 0 spiro atoms. The van der Waals surface area contributed by atoms with Crippen molar-refractivity contribution in [3.05, 3.63) is 23.5 Å². The van der Waals surface area contributed by atoms with Crippen LogP contribution in [0, 0.1) is 0 Å². The normalized spacial score (nSPS) is 18.1. The number of hydrogen-bond donors (Lipinski definition) is 2. The molecule has 2 N–H and O–H groups in total. The zero-order chi connectivity index (χ0) is 13.1. The molecule has 0 bridgehead atoms. The van der Waals surface area contributed by atoms with Crippen molar-refractivity contribution in [3.63, 3.8) is 0 Å². The summed E-state index contributed by atoms with van der Waals surface area (Å²) in [6, 6.07) is 1.82. The molecule has 0 aromatic carbocycles. The molecule has 1 aromatic rings. The molecule has 5 heteroatoms. The van der Waals surface area contributed by atoms with E-state index in [1.165, 1.54) is 0 Å². The summed E-state index contributed by atoms with van der Waals surface area (Å²) in [6.45, 7) is 5.38. The lowest BCUT2D eigenvalue weighted by molar-refractivity contribution is 0.0885. The van der Waals surface area contributed by atoms with Crippen molar-refractivity contribution < 1.29 is 9.59 Å². The number of unbranched alkanes of at least 4 members (excludes halogenated alkanes) is 1. The number of carbonyl (C=O) groups excluding carboxylic acids is 2. The number of nitrogens with one attached hydrogen (secondary N) is 2. The lowest BCUT2D eigenvalue weighted by Gasteiger charge is -2.23. The molecule has 1 aliphatic heterocycles. The van der Waals surface area contributed by atoms with Crippen molar-refractivity contribution >= 4 is 11.8 Å². The van der Waals surface area contributed by atoms with Gasteiger partial charge < -0.3 is 15.2 Å². The predicted molar refractivity (Wildman–Crippen MR) is 68.6 cm³/mol. The average Bonchev–Trinajstić information content (AvgIpc) is 2.73. The molecule has 1 atom stereocenters. The van der Waals surface area contributed by atoms with E-state index < -0.39 is 0 Å². The van der Waals surface area contributed by atoms with Gasteiger partial charge in [0.25, 0.3) is 11.8 Å². The Bertz CT molecular complexity index is 465. The number of aromatic nitrogens is 1. The van der Waals surface area contributed by atoms with Crippen molar-refractivity contribution in [1.29, 1.82) is 0 Å². The summed E-state index contributed by atoms with van der Waals surface area (Å²) >= 11 is 0. The molecule has 1 aliphatic rings. The highest BCUT2D eigenvalue weighted by Crippen LogP contribution is 2.16. The molecule has 2 rings (SSSR count). The molecule has 2 amide bonds. The van der Waals surface area contributed by atoms with Gasteiger partial charge in [0.1, 0.15) is 5.69 Å². The minimum absolute atomic E-state index is 0.105. The van der Waals surface area contributed by atoms with Gasteiger partial charge in [0.15, 0.2) is 0 Å². The Morgan fingerprint density at radius 3 is 3.11 bits per heavy atom. The van der Waals surface area contributed by atoms with Crippen LogP contribution in [0.5, 0.6) is 0 Å². The van der Waals surface area contributed by atoms with E-state index in [9.17, 15) is 9.59 Å². The van der Waals surface area contributed by atoms with Crippen molar-refractivity contribution in [2.24, 2.45) is 0 Å². The molecule has 98 valence electrons. The van der Waals surface area contributed by atoms with Crippen LogP contribution in [0.25, 0.3) is 0 Å². The highest BCUT2D eigenvalue weighted by molar-refractivity contribution is 6.06. The first-order valence-corrected chi connectivity index (χ1v) is 6.41. The Morgan fingerprint density at radius 1 is 1.61 bits per heavy atom. The SMILES string of the molecule is CCCCNC(=O)c1ccn2c1C(=O)NC(C)C2. The molecule has 0 fully saturated rings. The van der Waals surface area contributed by atoms with Crippen LogP contribution in [0.3, 0.4) is 0 Å². The highest BCUT2D eigenvalue weighted by atomic mass is 16.2. The number of hydrogen-bond acceptors (Lipinski definition) is 2. The van der Waals surface area contributed by atoms with E-state index >= 15 is 0 Å². The quantitative estimate of drug-likeness (QED) is 0.786. The van der Waals surface area contributed by atoms with E-state index in [0.717, 1.165) is 12.8 Å². The van der Waals surface area contributed by atoms with Crippen molar-refractivity contribution in [2.45, 2.75) is 39.3 Å². The second-order valence-electron chi connectivity index (χ2n) is 4.71. The lowest BCUT2D eigenvalue weighted by Crippen LogP contribution is -2.43. The van der Waals surface area contributed by atoms with Crippen LogP contribution in [0.15, 0.2) is 12.3 Å². The summed E-state index contributed by atoms with van der Waals surface area (Å²) in [5.41, 5.74) is 0.942. The summed E-state index contributed by atoms with van der Waals surface area (Å²) in [5, 5.41) is 5.68. The highest BCUT2D eigenvalue weighted by Gasteiger charge is 2.27. The molecule has 0 radical (unpaired) electrons. The Kier molecular flexibility index (Phi) is 3.69. The van der Waals surface area contributed by atoms with Gasteiger partial charge in [0, 0.05) is 25.3 Å². The molecule has 0 saturated carbocycles. The van der Waals surface area contributed by atoms with Crippen LogP contribution in [-0.4, -0.2) is 29.0 Å². The minimum atomic E-state index is -0.167. The zero-order valence-corrected chi connectivity index (χ0v) is 10.8. The second kappa shape index (κ2) is 5.25. The van der Waals surface area contributed by atoms with Gasteiger partial charge in [0.2, 0.25) is 0 Å². The smallest absolute Gasteiger partial charge is 0.269 e. The monoisotopic (exact) mass is 249 g/mol. The first kappa shape index (κ1) is 12.7. The fourth-order valence-corrected chi connectivity index (χ4v) is 2.17. The zero-order valence-electron chi connectivity index (χ0n) is 10.8. The maximum absolute atomic E-state index is 12.0. The van der Waals surface area contributed by atoms with Gasteiger partial charge >= 0.3 is 0 Å². The summed E-state index contributed by atoms with van der Waals surface area (Å²) in [6.07, 6.45) is 3.79. The maximum atomic E-state index is 12.0. The molecule has 2 heterocycles. The largest absolute Gasteiger partial charge is 0.352 e. The van der Waals surface area contributed by atoms with E-state index in [1.807, 2.05) is 11.5 Å². The number of amides is 2. The fraction of sp³-hybridized carbons (Fsp3) is 0.538. The minimum Gasteiger partial charge on any atom is -0.352 e. The third-order valence-electron chi connectivity index (χ3n) is 3.09. The standard InChI is InChI=1S/C13H19N3O2/c1-3-4-6-14-12(17)10-5-7-16-8-9(2)15-13(18)11(10)16/h5,7,9H,3-4,6,8H2,1-2H3,(H,14,17)(H,15,18). The van der Waals surface area contributed by atoms with Gasteiger partial charge in [-0.1, -0.05) is 13.3 Å². The Hall–Kier alpha value is -1.78. The Labute approximate surface area is 107 Å². The Morgan fingerprint density at radius 2 is 2.39 bits per heavy atom. The van der Waals surface area contributed by atoms with Gasteiger partial charge in [0.05, 0.1) is 5.56 Å². The summed E-state index contributed by atoms with van der Waals surface area (Å²) in [4.78, 5) is 23.9. The van der Waals surface area contributed by atoms with Crippen LogP contribution >= 0.6 is 0 Å². The molecule has 5 nitrogen and oxygen atoms in total. The van der Waals surface area contributed by atoms with E-state index in [1.54, 1.807) is 12.3 Å². The van der Waals surface area contributed by atoms with Crippen LogP contribution in [0.4, 0.5) is 0 Å². The molecule has 18 heavy (non-hydrogen) atoms. The topological polar surface area (TPSA) is 63.1 Å². The summed E-state index contributed by atoms with van der Waals surface area (Å²) in [7, 11) is 0. The second-order valence-corrected chi connectivity index (χ2v) is 4.71. The van der Waals surface area contributed by atoms with Gasteiger partial charge in [-0.25, -0.2) is 0 Å². The number of rotatable bonds is 4. The van der Waals surface area contributed by atoms with Crippen molar-refractivity contribution in [3.8, 4) is 0 Å². The number of fused-ring (bicyclic) bond motifs is 1. The average molecular weight is 249 g/mol. The van der Waals surface area contributed by atoms with Crippen LogP contribution in [0.1, 0.15) is 47.5 Å². The summed E-state index contributed by atoms with van der Waals surface area (Å²) < 4.78 is 1.85. The van der Waals surface area contributed by atoms with Gasteiger partial charge in [-0.2, -0.15) is 0 Å². The lowest BCUT2D eigenvalue weighted by atomic mass is 10.1. The number of nitrogens with zero attached hydrogens (tertiary/aromatic N) is 1. The Balaban J connectivity index is 2.15. The molecular formula is C13H19N3O2. The third kappa shape index (κ3) is 2.39. The van der Waals surface area contributed by atoms with Crippen LogP contribution in [0.2, 0.25) is 0 Å². The van der Waals surface area contributed by atoms with Crippen LogP contribution < -0.4 is 10.6 Å². The van der Waals surface area contributed by atoms with E-state index in [2.05, 4.69) is 17.6 Å². The van der Waals surface area contributed by atoms with E-state index in [4.69, 9.17) is 0 Å². The third-order valence-corrected chi connectivity index (χ3v) is 3.09. The van der Waals surface area contributed by atoms with Crippen molar-refractivity contribution in [1.82, 2.24) is 15.2 Å². The molecule has 1 unspecified atom stereocenters. The fourth-order valence-electron chi connectivity index (χ4n) is 2.17. The first-order valence-electron chi connectivity index (χ1n) is 6.41. The molecular weight excluding hydrogens is 230 g/mol. The van der Waals surface area contributed by atoms with Crippen LogP contribution in [-0.2, 0) is 6.54 Å². The number of carbonyl (C=O) groups is 2. The molecule has 0 saturated heterocycles. The van der Waals surface area contributed by atoms with Gasteiger partial charge in [-0.15, -0.1) is 0 Å². The predicted octanol–water partition coefficient (Wildman–Crippen LogP) is 1.15. The van der Waals surface area contributed by atoms with Gasteiger partial charge in [-0.3, -0.25) is 9.59 Å². The molecule has 0 aliphatic carbocycles. The van der Waals surface area contributed by atoms with Crippen molar-refractivity contribution in [2.75, 3.05) is 6.54 Å². The van der Waals surface area contributed by atoms with Gasteiger partial charge in [-0.05, 0) is 19.4 Å². The van der Waals surface area contributed by atoms with E-state index in [-0.39, 0.29) is 17.9 Å². The maximum Gasteiger partial charge on any atom is 0.269 e.